The average molecular weight is 1140 g/mol. The Morgan fingerprint density at radius 2 is 0.687 bits per heavy atom. The van der Waals surface area contributed by atoms with Crippen molar-refractivity contribution in [2.75, 3.05) is 0 Å². The molecule has 0 aromatic heterocycles. The SMILES string of the molecule is Oc1ccc([C@H]2Oc3cc(O)c([C@H]4c5c(O)cc(O)cc5O[C@H](c5ccc(O)c(O)c5)[C@@H]4O)c(O)c3[C@H](c3c(O)cc(O)c4c3O[C@H](c3ccc(O)c(O)c3)[C@H](O)[C@H]4c3c(O)cc4c(c3O)C[C@@H](O)[C@@H](c3ccc(O)c(O)c3)O4)[C@H]2O)cc1. The van der Waals surface area contributed by atoms with Crippen LogP contribution in [-0.4, -0.2) is 121 Å². The number of benzene rings is 8. The molecule has 12 rings (SSSR count). The Hall–Kier alpha value is -10.2. The van der Waals surface area contributed by atoms with Gasteiger partial charge in [-0.3, -0.25) is 0 Å². The molecule has 0 amide bonds. The van der Waals surface area contributed by atoms with Gasteiger partial charge < -0.3 is 116 Å². The molecular formula is C60H50O23. The molecule has 23 nitrogen and oxygen atoms in total. The fourth-order valence-corrected chi connectivity index (χ4v) is 12.1. The van der Waals surface area contributed by atoms with Crippen molar-refractivity contribution in [3.63, 3.8) is 0 Å². The summed E-state index contributed by atoms with van der Waals surface area (Å²) >= 11 is 0. The summed E-state index contributed by atoms with van der Waals surface area (Å²) in [5.74, 6) is -17.2. The minimum absolute atomic E-state index is 0.0155. The van der Waals surface area contributed by atoms with Crippen LogP contribution in [0.5, 0.6) is 109 Å². The highest BCUT2D eigenvalue weighted by atomic mass is 16.5. The highest BCUT2D eigenvalue weighted by Crippen LogP contribution is 2.64. The molecular weight excluding hydrogens is 1090 g/mol. The van der Waals surface area contributed by atoms with E-state index < -0.39 is 193 Å². The summed E-state index contributed by atoms with van der Waals surface area (Å²) in [5.41, 5.74) is -2.80. The Bertz CT molecular complexity index is 3960. The highest BCUT2D eigenvalue weighted by molar-refractivity contribution is 5.73. The predicted molar refractivity (Wildman–Crippen MR) is 283 cm³/mol. The van der Waals surface area contributed by atoms with E-state index in [9.17, 15) is 97.0 Å². The lowest BCUT2D eigenvalue weighted by molar-refractivity contribution is -0.00425. The summed E-state index contributed by atoms with van der Waals surface area (Å²) in [6.45, 7) is 0. The number of hydrogen-bond donors (Lipinski definition) is 19. The number of ether oxygens (including phenoxy) is 4. The van der Waals surface area contributed by atoms with E-state index in [1.165, 1.54) is 42.5 Å². The first-order chi connectivity index (χ1) is 39.5. The lowest BCUT2D eigenvalue weighted by Gasteiger charge is -2.43. The van der Waals surface area contributed by atoms with Crippen LogP contribution < -0.4 is 18.9 Å². The quantitative estimate of drug-likeness (QED) is 0.0791. The van der Waals surface area contributed by atoms with Crippen molar-refractivity contribution in [2.24, 2.45) is 0 Å². The maximum atomic E-state index is 13.0. The third kappa shape index (κ3) is 8.51. The van der Waals surface area contributed by atoms with Crippen molar-refractivity contribution in [3.05, 3.63) is 170 Å². The second kappa shape index (κ2) is 19.5. The van der Waals surface area contributed by atoms with E-state index in [0.29, 0.717) is 0 Å². The molecule has 8 aromatic rings. The van der Waals surface area contributed by atoms with E-state index in [1.807, 2.05) is 0 Å². The fourth-order valence-electron chi connectivity index (χ4n) is 12.1. The Balaban J connectivity index is 1.09. The van der Waals surface area contributed by atoms with Gasteiger partial charge in [0, 0.05) is 75.7 Å². The van der Waals surface area contributed by atoms with Crippen LogP contribution in [0.1, 0.15) is 103 Å². The highest BCUT2D eigenvalue weighted by Gasteiger charge is 2.52. The molecule has 23 heteroatoms. The number of rotatable bonds is 7. The number of aromatic hydroxyl groups is 15. The van der Waals surface area contributed by atoms with Crippen molar-refractivity contribution < 1.29 is 116 Å². The molecule has 0 radical (unpaired) electrons. The summed E-state index contributed by atoms with van der Waals surface area (Å²) in [4.78, 5) is 0. The van der Waals surface area contributed by atoms with Crippen LogP contribution in [0, 0.1) is 0 Å². The summed E-state index contributed by atoms with van der Waals surface area (Å²) in [7, 11) is 0. The third-order valence-electron chi connectivity index (χ3n) is 15.9. The molecule has 4 aliphatic rings. The van der Waals surface area contributed by atoms with Gasteiger partial charge in [0.2, 0.25) is 0 Å². The molecule has 4 heterocycles. The molecule has 83 heavy (non-hydrogen) atoms. The van der Waals surface area contributed by atoms with Gasteiger partial charge in [-0.05, 0) is 70.8 Å². The van der Waals surface area contributed by atoms with Crippen LogP contribution in [0.4, 0.5) is 0 Å². The molecule has 0 fully saturated rings. The van der Waals surface area contributed by atoms with E-state index in [0.717, 1.165) is 66.7 Å². The lowest BCUT2D eigenvalue weighted by atomic mass is 9.72. The Morgan fingerprint density at radius 1 is 0.289 bits per heavy atom. The van der Waals surface area contributed by atoms with Gasteiger partial charge in [0.25, 0.3) is 0 Å². The number of aliphatic hydroxyl groups is 4. The lowest BCUT2D eigenvalue weighted by Crippen LogP contribution is -2.39. The molecule has 19 N–H and O–H groups in total. The zero-order valence-corrected chi connectivity index (χ0v) is 42.6. The standard InChI is InChI=1S/C60H50O23/c61-24-6-1-20(2-7-24)57-55(79)50(47-41(82-57)19-37(73)44(52(47)76)48-42-33(69)14-25(62)15-40(42)81-58(53(48)77)22-4-9-28(64)31(67)12-22)46-35(71)17-34(70)45-49(54(78)59(83-60(45)46)23-5-10-29(65)32(68)13-23)43-36(72)18-39-26(51(43)75)16-38(74)56(80-39)21-3-8-27(63)30(66)11-21/h1-15,17-19,38,48-50,53-59,61-79H,16H2/t38-,48-,49+,50+,53-,54-,55-,56-,57-,58-,59-/m1/s1. The van der Waals surface area contributed by atoms with Crippen molar-refractivity contribution >= 4 is 0 Å². The zero-order valence-electron chi connectivity index (χ0n) is 42.6. The number of fused-ring (bicyclic) bond motifs is 4. The minimum atomic E-state index is -2.04. The predicted octanol–water partition coefficient (Wildman–Crippen LogP) is 6.19. The molecule has 0 spiro atoms. The smallest absolute Gasteiger partial charge is 0.157 e. The molecule has 0 aliphatic carbocycles. The first-order valence-electron chi connectivity index (χ1n) is 25.6. The van der Waals surface area contributed by atoms with E-state index in [1.54, 1.807) is 0 Å². The van der Waals surface area contributed by atoms with Gasteiger partial charge >= 0.3 is 0 Å². The first-order valence-corrected chi connectivity index (χ1v) is 25.6. The fraction of sp³-hybridized carbons (Fsp3) is 0.200. The van der Waals surface area contributed by atoms with Crippen molar-refractivity contribution in [1.82, 2.24) is 0 Å². The average Bonchev–Trinajstić information content (AvgIpc) is 1.43. The van der Waals surface area contributed by atoms with Gasteiger partial charge in [0.1, 0.15) is 99.2 Å². The molecule has 8 aromatic carbocycles. The van der Waals surface area contributed by atoms with E-state index >= 15 is 0 Å². The van der Waals surface area contributed by atoms with Crippen molar-refractivity contribution in [3.8, 4) is 109 Å². The van der Waals surface area contributed by atoms with E-state index in [4.69, 9.17) is 18.9 Å². The van der Waals surface area contributed by atoms with Crippen LogP contribution in [0.25, 0.3) is 0 Å². The number of hydrogen-bond acceptors (Lipinski definition) is 23. The van der Waals surface area contributed by atoms with Gasteiger partial charge in [0.05, 0.1) is 23.9 Å². The molecule has 0 unspecified atom stereocenters. The molecule has 428 valence electrons. The van der Waals surface area contributed by atoms with Gasteiger partial charge in [0.15, 0.2) is 52.8 Å². The monoisotopic (exact) mass is 1140 g/mol. The maximum Gasteiger partial charge on any atom is 0.157 e. The normalized spacial score (nSPS) is 24.1. The molecule has 11 atom stereocenters. The molecule has 4 aliphatic heterocycles. The largest absolute Gasteiger partial charge is 0.508 e. The molecule has 0 saturated carbocycles. The first kappa shape index (κ1) is 53.4. The molecule has 0 saturated heterocycles. The van der Waals surface area contributed by atoms with Crippen LogP contribution in [0.3, 0.4) is 0 Å². The Labute approximate surface area is 467 Å². The second-order valence-corrected chi connectivity index (χ2v) is 20.8. The number of aliphatic hydroxyl groups excluding tert-OH is 4. The summed E-state index contributed by atoms with van der Waals surface area (Å²) in [5, 5.41) is 219. The summed E-state index contributed by atoms with van der Waals surface area (Å²) in [6.07, 6.45) is -14.0. The summed E-state index contributed by atoms with van der Waals surface area (Å²) < 4.78 is 25.2. The number of phenolic OH excluding ortho intramolecular Hbond substituents is 15. The van der Waals surface area contributed by atoms with Gasteiger partial charge in [-0.15, -0.1) is 0 Å². The van der Waals surface area contributed by atoms with E-state index in [2.05, 4.69) is 0 Å². The van der Waals surface area contributed by atoms with Gasteiger partial charge in [-0.1, -0.05) is 30.3 Å². The number of phenols is 15. The van der Waals surface area contributed by atoms with Crippen LogP contribution >= 0.6 is 0 Å². The van der Waals surface area contributed by atoms with E-state index in [-0.39, 0.29) is 50.6 Å². The van der Waals surface area contributed by atoms with Crippen LogP contribution in [0.15, 0.2) is 109 Å². The Kier molecular flexibility index (Phi) is 12.6. The van der Waals surface area contributed by atoms with Gasteiger partial charge in [-0.2, -0.15) is 0 Å². The molecule has 0 bridgehead atoms. The minimum Gasteiger partial charge on any atom is -0.508 e. The van der Waals surface area contributed by atoms with Crippen LogP contribution in [-0.2, 0) is 6.42 Å². The van der Waals surface area contributed by atoms with Gasteiger partial charge in [-0.25, -0.2) is 0 Å². The topological polar surface area (TPSA) is 421 Å². The van der Waals surface area contributed by atoms with Crippen LogP contribution in [0.2, 0.25) is 0 Å². The van der Waals surface area contributed by atoms with Crippen molar-refractivity contribution in [1.29, 1.82) is 0 Å². The zero-order chi connectivity index (χ0) is 58.9. The second-order valence-electron chi connectivity index (χ2n) is 20.8. The third-order valence-corrected chi connectivity index (χ3v) is 15.9. The summed E-state index contributed by atoms with van der Waals surface area (Å²) in [6, 6.07) is 20.4. The maximum absolute atomic E-state index is 13.0. The van der Waals surface area contributed by atoms with Crippen molar-refractivity contribution in [2.45, 2.75) is 73.0 Å². The Morgan fingerprint density at radius 3 is 1.22 bits per heavy atom.